The predicted molar refractivity (Wildman–Crippen MR) is 82.9 cm³/mol. The van der Waals surface area contributed by atoms with Crippen LogP contribution in [0.4, 0.5) is 0 Å². The summed E-state index contributed by atoms with van der Waals surface area (Å²) in [6.45, 7) is 2.71. The summed E-state index contributed by atoms with van der Waals surface area (Å²) in [4.78, 5) is 24.0. The van der Waals surface area contributed by atoms with E-state index in [1.165, 1.54) is 11.3 Å². The van der Waals surface area contributed by atoms with E-state index in [0.29, 0.717) is 18.0 Å². The number of halogens is 2. The van der Waals surface area contributed by atoms with Gasteiger partial charge in [-0.3, -0.25) is 9.59 Å². The maximum atomic E-state index is 11.8. The summed E-state index contributed by atoms with van der Waals surface area (Å²) in [5, 5.41) is 5.35. The number of nitrogens with one attached hydrogen (secondary N) is 2. The molecule has 0 spiro atoms. The molecule has 19 heavy (non-hydrogen) atoms. The van der Waals surface area contributed by atoms with E-state index in [4.69, 9.17) is 5.73 Å². The lowest BCUT2D eigenvalue weighted by Crippen LogP contribution is -2.45. The number of amides is 2. The maximum absolute atomic E-state index is 11.8. The minimum Gasteiger partial charge on any atom is -0.354 e. The van der Waals surface area contributed by atoms with Gasteiger partial charge in [-0.15, -0.1) is 23.7 Å². The number of hydrogen-bond acceptors (Lipinski definition) is 4. The van der Waals surface area contributed by atoms with Crippen molar-refractivity contribution in [1.82, 2.24) is 10.6 Å². The molecule has 0 fully saturated rings. The summed E-state index contributed by atoms with van der Waals surface area (Å²) in [7, 11) is 0. The van der Waals surface area contributed by atoms with E-state index in [0.717, 1.165) is 10.2 Å². The van der Waals surface area contributed by atoms with Crippen LogP contribution in [0.2, 0.25) is 0 Å². The highest BCUT2D eigenvalue weighted by Crippen LogP contribution is 2.21. The van der Waals surface area contributed by atoms with Crippen molar-refractivity contribution in [2.24, 2.45) is 5.73 Å². The van der Waals surface area contributed by atoms with Gasteiger partial charge in [0.2, 0.25) is 5.91 Å². The van der Waals surface area contributed by atoms with Crippen LogP contribution in [0.5, 0.6) is 0 Å². The number of carbonyl (C=O) groups excluding carboxylic acids is 2. The van der Waals surface area contributed by atoms with Crippen molar-refractivity contribution < 1.29 is 9.59 Å². The van der Waals surface area contributed by atoms with Gasteiger partial charge in [-0.2, -0.15) is 0 Å². The number of rotatable bonds is 6. The van der Waals surface area contributed by atoms with E-state index in [-0.39, 0.29) is 24.2 Å². The molecule has 0 aromatic carbocycles. The van der Waals surface area contributed by atoms with Crippen LogP contribution in [0, 0.1) is 0 Å². The van der Waals surface area contributed by atoms with Gasteiger partial charge < -0.3 is 16.4 Å². The van der Waals surface area contributed by atoms with Gasteiger partial charge in [-0.25, -0.2) is 0 Å². The monoisotopic (exact) mass is 369 g/mol. The minimum absolute atomic E-state index is 0. The van der Waals surface area contributed by atoms with E-state index >= 15 is 0 Å². The Morgan fingerprint density at radius 2 is 2.16 bits per heavy atom. The molecule has 1 aromatic rings. The fourth-order valence-electron chi connectivity index (χ4n) is 1.24. The second kappa shape index (κ2) is 9.30. The van der Waals surface area contributed by atoms with Crippen molar-refractivity contribution in [2.75, 3.05) is 13.1 Å². The Hall–Kier alpha value is -0.630. The molecule has 108 valence electrons. The summed E-state index contributed by atoms with van der Waals surface area (Å²) in [6, 6.07) is 2.95. The van der Waals surface area contributed by atoms with Crippen LogP contribution in [0.3, 0.4) is 0 Å². The Bertz CT molecular complexity index is 428. The summed E-state index contributed by atoms with van der Waals surface area (Å²) in [5.74, 6) is -0.445. The standard InChI is InChI=1S/C11H16BrN3O2S.ClH/c1-7(10(16)14-6-2-5-13)15-11(17)8-3-4-9(12)18-8;/h3-4,7H,2,5-6,13H2,1H3,(H,14,16)(H,15,17);1H. The molecule has 2 amide bonds. The molecule has 1 aromatic heterocycles. The fraction of sp³-hybridized carbons (Fsp3) is 0.455. The van der Waals surface area contributed by atoms with Crippen LogP contribution in [0.1, 0.15) is 23.0 Å². The number of hydrogen-bond donors (Lipinski definition) is 3. The molecule has 0 saturated carbocycles. The van der Waals surface area contributed by atoms with Crippen LogP contribution < -0.4 is 16.4 Å². The Kier molecular flexibility index (Phi) is 8.99. The lowest BCUT2D eigenvalue weighted by Gasteiger charge is -2.13. The highest BCUT2D eigenvalue weighted by atomic mass is 79.9. The van der Waals surface area contributed by atoms with Crippen molar-refractivity contribution in [1.29, 1.82) is 0 Å². The largest absolute Gasteiger partial charge is 0.354 e. The zero-order valence-corrected chi connectivity index (χ0v) is 13.7. The summed E-state index contributed by atoms with van der Waals surface area (Å²) in [5.41, 5.74) is 5.33. The van der Waals surface area contributed by atoms with Crippen molar-refractivity contribution in [3.05, 3.63) is 20.8 Å². The molecule has 8 heteroatoms. The van der Waals surface area contributed by atoms with Crippen molar-refractivity contribution in [3.63, 3.8) is 0 Å². The average molecular weight is 371 g/mol. The summed E-state index contributed by atoms with van der Waals surface area (Å²) in [6.07, 6.45) is 0.726. The molecule has 0 aliphatic carbocycles. The predicted octanol–water partition coefficient (Wildman–Crippen LogP) is 1.52. The van der Waals surface area contributed by atoms with E-state index in [1.54, 1.807) is 19.1 Å². The molecule has 0 radical (unpaired) electrons. The summed E-state index contributed by atoms with van der Waals surface area (Å²) < 4.78 is 0.882. The van der Waals surface area contributed by atoms with Crippen LogP contribution in [-0.4, -0.2) is 30.9 Å². The highest BCUT2D eigenvalue weighted by Gasteiger charge is 2.16. The Morgan fingerprint density at radius 3 is 2.68 bits per heavy atom. The Labute approximate surface area is 130 Å². The van der Waals surface area contributed by atoms with E-state index in [9.17, 15) is 9.59 Å². The van der Waals surface area contributed by atoms with Crippen molar-refractivity contribution in [3.8, 4) is 0 Å². The molecule has 1 heterocycles. The van der Waals surface area contributed by atoms with Crippen LogP contribution >= 0.6 is 39.7 Å². The van der Waals surface area contributed by atoms with Gasteiger partial charge in [0.25, 0.3) is 5.91 Å². The Balaban J connectivity index is 0.00000324. The molecule has 0 saturated heterocycles. The third-order valence-electron chi connectivity index (χ3n) is 2.22. The molecule has 0 aliphatic rings. The van der Waals surface area contributed by atoms with Crippen LogP contribution in [0.25, 0.3) is 0 Å². The molecule has 0 bridgehead atoms. The minimum atomic E-state index is -0.559. The third kappa shape index (κ3) is 6.38. The van der Waals surface area contributed by atoms with Gasteiger partial charge in [0.05, 0.1) is 8.66 Å². The fourth-order valence-corrected chi connectivity index (χ4v) is 2.53. The first-order valence-corrected chi connectivity index (χ1v) is 7.19. The zero-order valence-electron chi connectivity index (χ0n) is 10.4. The first-order chi connectivity index (χ1) is 8.54. The normalized spacial score (nSPS) is 11.3. The first kappa shape index (κ1) is 18.4. The van der Waals surface area contributed by atoms with Gasteiger partial charge in [0, 0.05) is 6.54 Å². The third-order valence-corrected chi connectivity index (χ3v) is 3.84. The van der Waals surface area contributed by atoms with Gasteiger partial charge in [-0.05, 0) is 48.0 Å². The van der Waals surface area contributed by atoms with E-state index < -0.39 is 6.04 Å². The summed E-state index contributed by atoms with van der Waals surface area (Å²) >= 11 is 4.61. The average Bonchev–Trinajstić information content (AvgIpc) is 2.76. The van der Waals surface area contributed by atoms with Gasteiger partial charge in [0.1, 0.15) is 6.04 Å². The maximum Gasteiger partial charge on any atom is 0.262 e. The quantitative estimate of drug-likeness (QED) is 0.664. The van der Waals surface area contributed by atoms with Gasteiger partial charge >= 0.3 is 0 Å². The molecule has 5 nitrogen and oxygen atoms in total. The number of carbonyl (C=O) groups is 2. The lowest BCUT2D eigenvalue weighted by atomic mass is 10.3. The highest BCUT2D eigenvalue weighted by molar-refractivity contribution is 9.11. The van der Waals surface area contributed by atoms with Crippen LogP contribution in [-0.2, 0) is 4.79 Å². The second-order valence-electron chi connectivity index (χ2n) is 3.73. The number of thiophene rings is 1. The first-order valence-electron chi connectivity index (χ1n) is 5.58. The van der Waals surface area contributed by atoms with Crippen LogP contribution in [0.15, 0.2) is 15.9 Å². The molecule has 1 atom stereocenters. The SMILES string of the molecule is CC(NC(=O)c1ccc(Br)s1)C(=O)NCCCN.Cl. The smallest absolute Gasteiger partial charge is 0.262 e. The lowest BCUT2D eigenvalue weighted by molar-refractivity contribution is -0.122. The topological polar surface area (TPSA) is 84.2 Å². The van der Waals surface area contributed by atoms with E-state index in [1.807, 2.05) is 0 Å². The van der Waals surface area contributed by atoms with Crippen molar-refractivity contribution in [2.45, 2.75) is 19.4 Å². The van der Waals surface area contributed by atoms with E-state index in [2.05, 4.69) is 26.6 Å². The molecule has 1 unspecified atom stereocenters. The molecular weight excluding hydrogens is 354 g/mol. The molecule has 4 N–H and O–H groups in total. The number of nitrogens with two attached hydrogens (primary N) is 1. The molecular formula is C11H17BrClN3O2S. The van der Waals surface area contributed by atoms with Gasteiger partial charge in [-0.1, -0.05) is 0 Å². The van der Waals surface area contributed by atoms with Gasteiger partial charge in [0.15, 0.2) is 0 Å². The zero-order chi connectivity index (χ0) is 13.5. The second-order valence-corrected chi connectivity index (χ2v) is 6.20. The molecule has 1 rings (SSSR count). The van der Waals surface area contributed by atoms with Crippen molar-refractivity contribution >= 4 is 51.5 Å². The Morgan fingerprint density at radius 1 is 1.47 bits per heavy atom. The molecule has 0 aliphatic heterocycles.